The van der Waals surface area contributed by atoms with E-state index in [4.69, 9.17) is 4.74 Å². The Balaban J connectivity index is 1.75. The fourth-order valence-corrected chi connectivity index (χ4v) is 2.07. The molecule has 0 saturated heterocycles. The molecule has 1 aromatic rings. The maximum Gasteiger partial charge on any atom is 0.119 e. The summed E-state index contributed by atoms with van der Waals surface area (Å²) in [6.07, 6.45) is 5.02. The quantitative estimate of drug-likeness (QED) is 0.756. The lowest BCUT2D eigenvalue weighted by molar-refractivity contribution is 0.317. The minimum atomic E-state index is 0.622. The average molecular weight is 247 g/mol. The Kier molecular flexibility index (Phi) is 5.06. The first-order valence-electron chi connectivity index (χ1n) is 7.25. The zero-order valence-corrected chi connectivity index (χ0v) is 11.6. The van der Waals surface area contributed by atoms with Crippen LogP contribution in [-0.2, 0) is 0 Å². The molecule has 1 unspecified atom stereocenters. The number of hydrogen-bond donors (Lipinski definition) is 1. The van der Waals surface area contributed by atoms with Crippen LogP contribution < -0.4 is 10.1 Å². The van der Waals surface area contributed by atoms with Crippen LogP contribution in [0.4, 0.5) is 0 Å². The highest BCUT2D eigenvalue weighted by Crippen LogP contribution is 2.23. The molecule has 1 saturated carbocycles. The average Bonchev–Trinajstić information content (AvgIpc) is 3.21. The highest BCUT2D eigenvalue weighted by atomic mass is 16.5. The van der Waals surface area contributed by atoms with E-state index in [1.54, 1.807) is 0 Å². The number of nitrogens with one attached hydrogen (secondary N) is 1. The molecular formula is C16H25NO. The van der Waals surface area contributed by atoms with Gasteiger partial charge in [0.25, 0.3) is 0 Å². The van der Waals surface area contributed by atoms with Gasteiger partial charge in [0.05, 0.1) is 6.61 Å². The van der Waals surface area contributed by atoms with E-state index in [9.17, 15) is 0 Å². The molecule has 1 aliphatic rings. The van der Waals surface area contributed by atoms with Crippen LogP contribution in [-0.4, -0.2) is 19.2 Å². The first kappa shape index (κ1) is 13.4. The Morgan fingerprint density at radius 3 is 2.61 bits per heavy atom. The van der Waals surface area contributed by atoms with Crippen molar-refractivity contribution in [3.63, 3.8) is 0 Å². The summed E-state index contributed by atoms with van der Waals surface area (Å²) in [5, 5.41) is 3.57. The molecule has 0 bridgehead atoms. The third-order valence-electron chi connectivity index (χ3n) is 3.51. The van der Waals surface area contributed by atoms with Gasteiger partial charge in [0.1, 0.15) is 5.75 Å². The van der Waals surface area contributed by atoms with Crippen LogP contribution in [0.3, 0.4) is 0 Å². The molecular weight excluding hydrogens is 222 g/mol. The first-order valence-corrected chi connectivity index (χ1v) is 7.25. The minimum absolute atomic E-state index is 0.622. The number of hydrogen-bond acceptors (Lipinski definition) is 2. The Morgan fingerprint density at radius 2 is 2.00 bits per heavy atom. The molecule has 0 radical (unpaired) electrons. The van der Waals surface area contributed by atoms with E-state index in [2.05, 4.69) is 43.4 Å². The normalized spacial score (nSPS) is 16.6. The van der Waals surface area contributed by atoms with Crippen molar-refractivity contribution in [2.75, 3.05) is 13.2 Å². The molecule has 100 valence electrons. The molecule has 0 heterocycles. The minimum Gasteiger partial charge on any atom is -0.494 e. The fraction of sp³-hybridized carbons (Fsp3) is 0.625. The van der Waals surface area contributed by atoms with E-state index in [-0.39, 0.29) is 0 Å². The van der Waals surface area contributed by atoms with Crippen molar-refractivity contribution in [3.05, 3.63) is 29.8 Å². The van der Waals surface area contributed by atoms with E-state index >= 15 is 0 Å². The van der Waals surface area contributed by atoms with Gasteiger partial charge in [-0.15, -0.1) is 0 Å². The number of rotatable bonds is 8. The van der Waals surface area contributed by atoms with Crippen molar-refractivity contribution in [1.29, 1.82) is 0 Å². The summed E-state index contributed by atoms with van der Waals surface area (Å²) in [5.74, 6) is 1.61. The summed E-state index contributed by atoms with van der Waals surface area (Å²) in [6, 6.07) is 9.41. The highest BCUT2D eigenvalue weighted by molar-refractivity contribution is 5.29. The van der Waals surface area contributed by atoms with E-state index < -0.39 is 0 Å². The van der Waals surface area contributed by atoms with Gasteiger partial charge >= 0.3 is 0 Å². The van der Waals surface area contributed by atoms with Crippen LogP contribution in [0.1, 0.15) is 51.0 Å². The van der Waals surface area contributed by atoms with Crippen molar-refractivity contribution in [2.45, 2.75) is 51.5 Å². The van der Waals surface area contributed by atoms with Crippen molar-refractivity contribution in [3.8, 4) is 5.75 Å². The van der Waals surface area contributed by atoms with Crippen LogP contribution >= 0.6 is 0 Å². The van der Waals surface area contributed by atoms with Crippen LogP contribution in [0.25, 0.3) is 0 Å². The molecule has 0 aromatic heterocycles. The maximum atomic E-state index is 5.60. The molecule has 1 aromatic carbocycles. The van der Waals surface area contributed by atoms with Gasteiger partial charge in [-0.2, -0.15) is 0 Å². The molecule has 1 fully saturated rings. The van der Waals surface area contributed by atoms with Gasteiger partial charge in [-0.3, -0.25) is 0 Å². The third kappa shape index (κ3) is 4.34. The molecule has 2 rings (SSSR count). The van der Waals surface area contributed by atoms with E-state index in [1.165, 1.54) is 24.8 Å². The predicted octanol–water partition coefficient (Wildman–Crippen LogP) is 3.72. The zero-order chi connectivity index (χ0) is 12.8. The van der Waals surface area contributed by atoms with Gasteiger partial charge in [-0.1, -0.05) is 26.0 Å². The standard InChI is InChI=1S/C16H25NO/c1-3-12-18-16-8-4-14(5-9-16)13(2)10-11-17-15-6-7-15/h4-5,8-9,13,15,17H,3,6-7,10-12H2,1-2H3. The highest BCUT2D eigenvalue weighted by Gasteiger charge is 2.20. The molecule has 1 N–H and O–H groups in total. The maximum absolute atomic E-state index is 5.60. The van der Waals surface area contributed by atoms with Gasteiger partial charge in [-0.05, 0) is 55.8 Å². The SMILES string of the molecule is CCCOc1ccc(C(C)CCNC2CC2)cc1. The van der Waals surface area contributed by atoms with Crippen LogP contribution in [0.15, 0.2) is 24.3 Å². The lowest BCUT2D eigenvalue weighted by atomic mass is 9.98. The molecule has 1 aliphatic carbocycles. The molecule has 1 atom stereocenters. The first-order chi connectivity index (χ1) is 8.79. The van der Waals surface area contributed by atoms with Gasteiger partial charge in [0, 0.05) is 6.04 Å². The summed E-state index contributed by atoms with van der Waals surface area (Å²) >= 11 is 0. The topological polar surface area (TPSA) is 21.3 Å². The van der Waals surface area contributed by atoms with Crippen molar-refractivity contribution in [1.82, 2.24) is 5.32 Å². The van der Waals surface area contributed by atoms with Gasteiger partial charge in [0.15, 0.2) is 0 Å². The van der Waals surface area contributed by atoms with Gasteiger partial charge in [-0.25, -0.2) is 0 Å². The summed E-state index contributed by atoms with van der Waals surface area (Å²) in [6.45, 7) is 6.37. The second-order valence-corrected chi connectivity index (χ2v) is 5.34. The van der Waals surface area contributed by atoms with Crippen molar-refractivity contribution in [2.24, 2.45) is 0 Å². The summed E-state index contributed by atoms with van der Waals surface area (Å²) in [4.78, 5) is 0. The number of benzene rings is 1. The third-order valence-corrected chi connectivity index (χ3v) is 3.51. The monoisotopic (exact) mass is 247 g/mol. The molecule has 18 heavy (non-hydrogen) atoms. The Morgan fingerprint density at radius 1 is 1.28 bits per heavy atom. The van der Waals surface area contributed by atoms with E-state index in [0.717, 1.165) is 31.4 Å². The fourth-order valence-electron chi connectivity index (χ4n) is 2.07. The summed E-state index contributed by atoms with van der Waals surface area (Å²) in [5.41, 5.74) is 1.41. The second-order valence-electron chi connectivity index (χ2n) is 5.34. The van der Waals surface area contributed by atoms with Gasteiger partial charge in [0.2, 0.25) is 0 Å². The largest absolute Gasteiger partial charge is 0.494 e. The lowest BCUT2D eigenvalue weighted by Gasteiger charge is -2.13. The molecule has 0 aliphatic heterocycles. The number of ether oxygens (including phenoxy) is 1. The van der Waals surface area contributed by atoms with E-state index in [1.807, 2.05) is 0 Å². The Labute approximate surface area is 111 Å². The lowest BCUT2D eigenvalue weighted by Crippen LogP contribution is -2.18. The summed E-state index contributed by atoms with van der Waals surface area (Å²) < 4.78 is 5.60. The van der Waals surface area contributed by atoms with Crippen molar-refractivity contribution >= 4 is 0 Å². The van der Waals surface area contributed by atoms with E-state index in [0.29, 0.717) is 5.92 Å². The Bertz CT molecular complexity index is 343. The Hall–Kier alpha value is -1.02. The molecule has 2 nitrogen and oxygen atoms in total. The smallest absolute Gasteiger partial charge is 0.119 e. The molecule has 0 spiro atoms. The van der Waals surface area contributed by atoms with Crippen LogP contribution in [0.5, 0.6) is 5.75 Å². The second kappa shape index (κ2) is 6.79. The zero-order valence-electron chi connectivity index (χ0n) is 11.6. The molecule has 0 amide bonds. The van der Waals surface area contributed by atoms with Crippen LogP contribution in [0.2, 0.25) is 0 Å². The molecule has 2 heteroatoms. The summed E-state index contributed by atoms with van der Waals surface area (Å²) in [7, 11) is 0. The van der Waals surface area contributed by atoms with Crippen molar-refractivity contribution < 1.29 is 4.74 Å². The van der Waals surface area contributed by atoms with Gasteiger partial charge < -0.3 is 10.1 Å². The van der Waals surface area contributed by atoms with Crippen LogP contribution in [0, 0.1) is 0 Å². The predicted molar refractivity (Wildman–Crippen MR) is 76.3 cm³/mol.